The topological polar surface area (TPSA) is 68.2 Å². The van der Waals surface area contributed by atoms with E-state index in [4.69, 9.17) is 17.3 Å². The molecule has 0 saturated heterocycles. The zero-order valence-corrected chi connectivity index (χ0v) is 21.9. The zero-order valence-electron chi connectivity index (χ0n) is 21.2. The molecule has 3 N–H and O–H groups in total. The maximum atomic E-state index is 11.2. The molecule has 0 unspecified atom stereocenters. The summed E-state index contributed by atoms with van der Waals surface area (Å²) in [5.74, 6) is -0.904. The Morgan fingerprint density at radius 3 is 2.03 bits per heavy atom. The van der Waals surface area contributed by atoms with Gasteiger partial charge in [0.05, 0.1) is 11.6 Å². The summed E-state index contributed by atoms with van der Waals surface area (Å²) >= 11 is 6.53. The van der Waals surface area contributed by atoms with Gasteiger partial charge in [-0.15, -0.1) is 0 Å². The molecule has 192 valence electrons. The SMILES string of the molecule is NCCc1c(CCCc2ccc(C(=O)O)cc2)c2cc(Cl)ccc2n1C(c1ccccc1)c1ccccc1. The normalized spacial score (nSPS) is 11.3. The zero-order chi connectivity index (χ0) is 26.5. The second-order valence-corrected chi connectivity index (χ2v) is 10.0. The molecule has 0 aliphatic heterocycles. The monoisotopic (exact) mass is 522 g/mol. The number of aromatic nitrogens is 1. The van der Waals surface area contributed by atoms with Crippen molar-refractivity contribution in [3.63, 3.8) is 0 Å². The van der Waals surface area contributed by atoms with Crippen LogP contribution in [0.15, 0.2) is 103 Å². The fraction of sp³-hybridized carbons (Fsp3) is 0.182. The van der Waals surface area contributed by atoms with Crippen LogP contribution in [0.3, 0.4) is 0 Å². The molecule has 5 aromatic rings. The minimum Gasteiger partial charge on any atom is -0.478 e. The van der Waals surface area contributed by atoms with Gasteiger partial charge in [-0.2, -0.15) is 0 Å². The number of rotatable bonds is 10. The van der Waals surface area contributed by atoms with Crippen LogP contribution in [0.4, 0.5) is 0 Å². The summed E-state index contributed by atoms with van der Waals surface area (Å²) in [4.78, 5) is 11.2. The van der Waals surface area contributed by atoms with Crippen molar-refractivity contribution in [2.45, 2.75) is 31.7 Å². The Morgan fingerprint density at radius 1 is 0.816 bits per heavy atom. The highest BCUT2D eigenvalue weighted by atomic mass is 35.5. The molecule has 0 atom stereocenters. The number of halogens is 1. The lowest BCUT2D eigenvalue weighted by molar-refractivity contribution is 0.0697. The van der Waals surface area contributed by atoms with E-state index < -0.39 is 5.97 Å². The van der Waals surface area contributed by atoms with Gasteiger partial charge >= 0.3 is 5.97 Å². The molecule has 0 amide bonds. The number of carboxylic acids is 1. The standard InChI is InChI=1S/C33H31ClN2O2/c34-27-18-19-30-29(22-27)28(13-7-8-23-14-16-26(17-15-23)33(37)38)31(20-21-35)36(30)32(24-9-3-1-4-10-24)25-11-5-2-6-12-25/h1-6,9-12,14-19,22,32H,7-8,13,20-21,35H2,(H,37,38). The van der Waals surface area contributed by atoms with E-state index >= 15 is 0 Å². The molecule has 4 aromatic carbocycles. The van der Waals surface area contributed by atoms with E-state index in [0.29, 0.717) is 12.1 Å². The quantitative estimate of drug-likeness (QED) is 0.202. The molecule has 0 radical (unpaired) electrons. The van der Waals surface area contributed by atoms with Crippen molar-refractivity contribution in [2.24, 2.45) is 5.73 Å². The average Bonchev–Trinajstić information content (AvgIpc) is 3.22. The Hall–Kier alpha value is -3.86. The van der Waals surface area contributed by atoms with Crippen LogP contribution in [-0.2, 0) is 19.3 Å². The van der Waals surface area contributed by atoms with E-state index in [1.54, 1.807) is 12.1 Å². The van der Waals surface area contributed by atoms with Gasteiger partial charge in [0, 0.05) is 28.0 Å². The molecule has 1 heterocycles. The third-order valence-corrected chi connectivity index (χ3v) is 7.38. The van der Waals surface area contributed by atoms with Crippen molar-refractivity contribution >= 4 is 28.5 Å². The first kappa shape index (κ1) is 25.8. The van der Waals surface area contributed by atoms with Crippen molar-refractivity contribution in [2.75, 3.05) is 6.54 Å². The van der Waals surface area contributed by atoms with Gasteiger partial charge in [-0.3, -0.25) is 0 Å². The summed E-state index contributed by atoms with van der Waals surface area (Å²) in [6.45, 7) is 0.546. The van der Waals surface area contributed by atoms with E-state index in [0.717, 1.165) is 41.8 Å². The summed E-state index contributed by atoms with van der Waals surface area (Å²) in [6.07, 6.45) is 3.41. The Bertz CT molecular complexity index is 1490. The van der Waals surface area contributed by atoms with Crippen molar-refractivity contribution in [3.05, 3.63) is 142 Å². The molecule has 0 aliphatic carbocycles. The van der Waals surface area contributed by atoms with Crippen LogP contribution in [-0.4, -0.2) is 22.2 Å². The van der Waals surface area contributed by atoms with Crippen LogP contribution in [0.25, 0.3) is 10.9 Å². The Balaban J connectivity index is 1.59. The Kier molecular flexibility index (Phi) is 7.92. The molecular weight excluding hydrogens is 492 g/mol. The van der Waals surface area contributed by atoms with Crippen LogP contribution in [0.5, 0.6) is 0 Å². The first-order chi connectivity index (χ1) is 18.6. The second kappa shape index (κ2) is 11.7. The molecule has 0 saturated carbocycles. The number of hydrogen-bond donors (Lipinski definition) is 2. The minimum atomic E-state index is -0.904. The Labute approximate surface area is 228 Å². The molecule has 1 aromatic heterocycles. The maximum absolute atomic E-state index is 11.2. The smallest absolute Gasteiger partial charge is 0.335 e. The molecule has 0 spiro atoms. The summed E-state index contributed by atoms with van der Waals surface area (Å²) in [5, 5.41) is 11.1. The number of nitrogens with two attached hydrogens (primary N) is 1. The number of benzene rings is 4. The molecule has 0 bridgehead atoms. The first-order valence-electron chi connectivity index (χ1n) is 13.0. The van der Waals surface area contributed by atoms with Crippen molar-refractivity contribution in [3.8, 4) is 0 Å². The highest BCUT2D eigenvalue weighted by molar-refractivity contribution is 6.31. The molecule has 5 rings (SSSR count). The molecular formula is C33H31ClN2O2. The number of hydrogen-bond acceptors (Lipinski definition) is 2. The van der Waals surface area contributed by atoms with Gasteiger partial charge in [-0.25, -0.2) is 4.79 Å². The lowest BCUT2D eigenvalue weighted by Gasteiger charge is -2.25. The van der Waals surface area contributed by atoms with E-state index in [9.17, 15) is 9.90 Å². The average molecular weight is 523 g/mol. The molecule has 0 fully saturated rings. The number of carboxylic acid groups (broad SMARTS) is 1. The van der Waals surface area contributed by atoms with Crippen LogP contribution < -0.4 is 5.73 Å². The molecule has 38 heavy (non-hydrogen) atoms. The molecule has 5 heteroatoms. The second-order valence-electron chi connectivity index (χ2n) is 9.57. The number of carbonyl (C=O) groups is 1. The third-order valence-electron chi connectivity index (χ3n) is 7.15. The fourth-order valence-electron chi connectivity index (χ4n) is 5.43. The predicted octanol–water partition coefficient (Wildman–Crippen LogP) is 7.31. The highest BCUT2D eigenvalue weighted by Crippen LogP contribution is 2.38. The molecule has 0 aliphatic rings. The number of fused-ring (bicyclic) bond motifs is 1. The van der Waals surface area contributed by atoms with Gasteiger partial charge in [0.25, 0.3) is 0 Å². The Morgan fingerprint density at radius 2 is 1.45 bits per heavy atom. The van der Waals surface area contributed by atoms with E-state index in [2.05, 4.69) is 65.2 Å². The number of aromatic carboxylic acids is 1. The van der Waals surface area contributed by atoms with Gasteiger partial charge in [0.2, 0.25) is 0 Å². The number of nitrogens with zero attached hydrogens (tertiary/aromatic N) is 1. The van der Waals surface area contributed by atoms with Crippen LogP contribution >= 0.6 is 11.6 Å². The van der Waals surface area contributed by atoms with Gasteiger partial charge in [-0.05, 0) is 78.4 Å². The van der Waals surface area contributed by atoms with Crippen molar-refractivity contribution in [1.29, 1.82) is 0 Å². The summed E-state index contributed by atoms with van der Waals surface area (Å²) in [5.41, 5.74) is 13.7. The summed E-state index contributed by atoms with van der Waals surface area (Å²) in [6, 6.07) is 34.5. The van der Waals surface area contributed by atoms with Crippen molar-refractivity contribution in [1.82, 2.24) is 4.57 Å². The molecule has 4 nitrogen and oxygen atoms in total. The lowest BCUT2D eigenvalue weighted by atomic mass is 9.97. The summed E-state index contributed by atoms with van der Waals surface area (Å²) < 4.78 is 2.46. The fourth-order valence-corrected chi connectivity index (χ4v) is 5.60. The van der Waals surface area contributed by atoms with E-state index in [1.165, 1.54) is 27.8 Å². The highest BCUT2D eigenvalue weighted by Gasteiger charge is 2.25. The first-order valence-corrected chi connectivity index (χ1v) is 13.4. The van der Waals surface area contributed by atoms with Gasteiger partial charge < -0.3 is 15.4 Å². The van der Waals surface area contributed by atoms with Crippen LogP contribution in [0.1, 0.15) is 50.8 Å². The third kappa shape index (κ3) is 5.38. The van der Waals surface area contributed by atoms with Crippen LogP contribution in [0, 0.1) is 0 Å². The van der Waals surface area contributed by atoms with E-state index in [-0.39, 0.29) is 6.04 Å². The maximum Gasteiger partial charge on any atom is 0.335 e. The van der Waals surface area contributed by atoms with Crippen molar-refractivity contribution < 1.29 is 9.90 Å². The van der Waals surface area contributed by atoms with Gasteiger partial charge in [-0.1, -0.05) is 84.4 Å². The van der Waals surface area contributed by atoms with E-state index in [1.807, 2.05) is 30.3 Å². The summed E-state index contributed by atoms with van der Waals surface area (Å²) in [7, 11) is 0. The lowest BCUT2D eigenvalue weighted by Crippen LogP contribution is -2.18. The van der Waals surface area contributed by atoms with Gasteiger partial charge in [0.15, 0.2) is 0 Å². The predicted molar refractivity (Wildman–Crippen MR) is 155 cm³/mol. The number of aryl methyl sites for hydroxylation is 2. The minimum absolute atomic E-state index is 0.0000569. The van der Waals surface area contributed by atoms with Gasteiger partial charge in [0.1, 0.15) is 0 Å². The van der Waals surface area contributed by atoms with Crippen LogP contribution in [0.2, 0.25) is 5.02 Å². The largest absolute Gasteiger partial charge is 0.478 e.